The third-order valence-corrected chi connectivity index (χ3v) is 6.08. The van der Waals surface area contributed by atoms with Gasteiger partial charge in [-0.15, -0.1) is 10.2 Å². The Bertz CT molecular complexity index is 771. The van der Waals surface area contributed by atoms with E-state index in [9.17, 15) is 4.79 Å². The van der Waals surface area contributed by atoms with Crippen LogP contribution < -0.4 is 10.6 Å². The molecule has 0 radical (unpaired) electrons. The first-order valence-corrected chi connectivity index (χ1v) is 9.56. The number of halogens is 1. The summed E-state index contributed by atoms with van der Waals surface area (Å²) >= 11 is 7.83. The fraction of sp³-hybridized carbons (Fsp3) is 0.471. The van der Waals surface area contributed by atoms with E-state index >= 15 is 0 Å². The molecule has 1 fully saturated rings. The zero-order chi connectivity index (χ0) is 18.6. The van der Waals surface area contributed by atoms with E-state index in [1.165, 1.54) is 11.8 Å². The number of ether oxygens (including phenoxy) is 1. The molecular formula is C17H22ClN5O2S. The van der Waals surface area contributed by atoms with Crippen molar-refractivity contribution >= 4 is 35.0 Å². The Hall–Kier alpha value is -1.61. The molecule has 2 heterocycles. The molecule has 140 valence electrons. The van der Waals surface area contributed by atoms with E-state index in [-0.39, 0.29) is 5.91 Å². The van der Waals surface area contributed by atoms with Gasteiger partial charge in [-0.2, -0.15) is 0 Å². The van der Waals surface area contributed by atoms with Gasteiger partial charge < -0.3 is 19.9 Å². The van der Waals surface area contributed by atoms with Crippen molar-refractivity contribution in [2.45, 2.75) is 22.9 Å². The molecule has 2 aromatic rings. The summed E-state index contributed by atoms with van der Waals surface area (Å²) in [4.78, 5) is 13.7. The highest BCUT2D eigenvalue weighted by Gasteiger charge is 2.39. The summed E-state index contributed by atoms with van der Waals surface area (Å²) in [6, 6.07) is 5.49. The minimum absolute atomic E-state index is 0.0226. The number of rotatable bonds is 6. The third-order valence-electron chi connectivity index (χ3n) is 4.52. The Kier molecular flexibility index (Phi) is 6.18. The zero-order valence-corrected chi connectivity index (χ0v) is 16.4. The molecule has 1 aliphatic heterocycles. The number of benzene rings is 1. The van der Waals surface area contributed by atoms with Crippen LogP contribution >= 0.6 is 23.4 Å². The molecule has 1 saturated heterocycles. The second-order valence-electron chi connectivity index (χ2n) is 6.39. The second kappa shape index (κ2) is 8.39. The molecule has 0 saturated carbocycles. The van der Waals surface area contributed by atoms with Crippen molar-refractivity contribution in [2.75, 3.05) is 32.1 Å². The lowest BCUT2D eigenvalue weighted by atomic mass is 9.78. The van der Waals surface area contributed by atoms with Crippen LogP contribution in [0.15, 0.2) is 34.6 Å². The molecule has 0 aliphatic carbocycles. The van der Waals surface area contributed by atoms with Crippen LogP contribution in [0.1, 0.15) is 12.8 Å². The highest BCUT2D eigenvalue weighted by molar-refractivity contribution is 7.99. The quantitative estimate of drug-likeness (QED) is 0.782. The second-order valence-corrected chi connectivity index (χ2v) is 7.81. The third kappa shape index (κ3) is 4.20. The zero-order valence-electron chi connectivity index (χ0n) is 14.8. The molecule has 0 unspecified atom stereocenters. The van der Waals surface area contributed by atoms with Crippen molar-refractivity contribution in [3.05, 3.63) is 29.5 Å². The Labute approximate surface area is 161 Å². The van der Waals surface area contributed by atoms with Crippen LogP contribution in [0.25, 0.3) is 0 Å². The molecule has 7 nitrogen and oxygen atoms in total. The molecule has 2 N–H and O–H groups in total. The first-order chi connectivity index (χ1) is 12.5. The van der Waals surface area contributed by atoms with Crippen molar-refractivity contribution in [1.29, 1.82) is 0 Å². The van der Waals surface area contributed by atoms with E-state index in [2.05, 4.69) is 20.8 Å². The van der Waals surface area contributed by atoms with Crippen LogP contribution in [0.3, 0.4) is 0 Å². The molecule has 3 rings (SSSR count). The molecule has 0 spiro atoms. The molecule has 0 atom stereocenters. The summed E-state index contributed by atoms with van der Waals surface area (Å²) < 4.78 is 7.14. The van der Waals surface area contributed by atoms with Gasteiger partial charge in [0.1, 0.15) is 6.33 Å². The largest absolute Gasteiger partial charge is 0.384 e. The van der Waals surface area contributed by atoms with Crippen molar-refractivity contribution in [2.24, 2.45) is 12.5 Å². The lowest BCUT2D eigenvalue weighted by Gasteiger charge is -2.35. The minimum Gasteiger partial charge on any atom is -0.384 e. The maximum absolute atomic E-state index is 12.9. The first-order valence-electron chi connectivity index (χ1n) is 8.36. The molecule has 0 bridgehead atoms. The summed E-state index contributed by atoms with van der Waals surface area (Å²) in [5.41, 5.74) is 0.176. The number of hydrogen-bond acceptors (Lipinski definition) is 6. The molecule has 1 aliphatic rings. The van der Waals surface area contributed by atoms with Crippen LogP contribution in [0.5, 0.6) is 0 Å². The Morgan fingerprint density at radius 3 is 2.85 bits per heavy atom. The smallest absolute Gasteiger partial charge is 0.233 e. The van der Waals surface area contributed by atoms with E-state index < -0.39 is 5.41 Å². The summed E-state index contributed by atoms with van der Waals surface area (Å²) in [5.74, 6) is -0.0226. The maximum Gasteiger partial charge on any atom is 0.233 e. The number of amides is 1. The molecule has 1 amide bonds. The van der Waals surface area contributed by atoms with Gasteiger partial charge in [0, 0.05) is 24.7 Å². The number of nitrogens with zero attached hydrogens (tertiary/aromatic N) is 3. The fourth-order valence-corrected chi connectivity index (χ4v) is 4.07. The topological polar surface area (TPSA) is 81.1 Å². The number of nitrogens with one attached hydrogen (secondary N) is 2. The number of aryl methyl sites for hydroxylation is 1. The van der Waals surface area contributed by atoms with Crippen LogP contribution in [0.2, 0.25) is 5.02 Å². The number of methoxy groups -OCH3 is 1. The van der Waals surface area contributed by atoms with E-state index in [0.29, 0.717) is 17.3 Å². The van der Waals surface area contributed by atoms with Crippen molar-refractivity contribution in [3.63, 3.8) is 0 Å². The minimum atomic E-state index is -0.501. The van der Waals surface area contributed by atoms with Gasteiger partial charge in [0.15, 0.2) is 5.16 Å². The van der Waals surface area contributed by atoms with Crippen LogP contribution in [-0.4, -0.2) is 47.5 Å². The van der Waals surface area contributed by atoms with Gasteiger partial charge in [0.2, 0.25) is 5.91 Å². The van der Waals surface area contributed by atoms with Gasteiger partial charge in [-0.25, -0.2) is 0 Å². The SMILES string of the molecule is COCC1(C(=O)Nc2ccc(Sc3nncn3C)c(Cl)c2)CCNCC1. The van der Waals surface area contributed by atoms with E-state index in [1.807, 2.05) is 23.7 Å². The number of hydrogen-bond donors (Lipinski definition) is 2. The van der Waals surface area contributed by atoms with Crippen LogP contribution in [0, 0.1) is 5.41 Å². The Morgan fingerprint density at radius 1 is 1.46 bits per heavy atom. The van der Waals surface area contributed by atoms with E-state index in [1.54, 1.807) is 19.5 Å². The number of carbonyl (C=O) groups is 1. The molecule has 1 aromatic heterocycles. The maximum atomic E-state index is 12.9. The molecule has 26 heavy (non-hydrogen) atoms. The lowest BCUT2D eigenvalue weighted by molar-refractivity contribution is -0.130. The number of aromatic nitrogens is 3. The standard InChI is InChI=1S/C17H22ClN5O2S/c1-23-11-20-22-16(23)26-14-4-3-12(9-13(14)18)21-15(24)17(10-25-2)5-7-19-8-6-17/h3-4,9,11,19H,5-8,10H2,1-2H3,(H,21,24). The van der Waals surface area contributed by atoms with Crippen molar-refractivity contribution in [3.8, 4) is 0 Å². The Morgan fingerprint density at radius 2 is 2.23 bits per heavy atom. The number of anilines is 1. The van der Waals surface area contributed by atoms with E-state index in [4.69, 9.17) is 16.3 Å². The average Bonchev–Trinajstić information content (AvgIpc) is 3.03. The van der Waals surface area contributed by atoms with Gasteiger partial charge in [-0.05, 0) is 55.9 Å². The van der Waals surface area contributed by atoms with Crippen LogP contribution in [0.4, 0.5) is 5.69 Å². The lowest BCUT2D eigenvalue weighted by Crippen LogP contribution is -2.47. The summed E-state index contributed by atoms with van der Waals surface area (Å²) in [5, 5.41) is 15.5. The first kappa shape index (κ1) is 19.2. The summed E-state index contributed by atoms with van der Waals surface area (Å²) in [6.45, 7) is 2.03. The fourth-order valence-electron chi connectivity index (χ4n) is 3.01. The number of piperidine rings is 1. The van der Waals surface area contributed by atoms with Crippen LogP contribution in [-0.2, 0) is 16.6 Å². The Balaban J connectivity index is 1.72. The van der Waals surface area contributed by atoms with Gasteiger partial charge in [-0.1, -0.05) is 11.6 Å². The summed E-state index contributed by atoms with van der Waals surface area (Å²) in [7, 11) is 3.51. The van der Waals surface area contributed by atoms with Gasteiger partial charge in [0.25, 0.3) is 0 Å². The summed E-state index contributed by atoms with van der Waals surface area (Å²) in [6.07, 6.45) is 3.14. The van der Waals surface area contributed by atoms with Crippen molar-refractivity contribution in [1.82, 2.24) is 20.1 Å². The average molecular weight is 396 g/mol. The van der Waals surface area contributed by atoms with Gasteiger partial charge in [0.05, 0.1) is 17.0 Å². The van der Waals surface area contributed by atoms with Crippen molar-refractivity contribution < 1.29 is 9.53 Å². The predicted octanol–water partition coefficient (Wildman–Crippen LogP) is 2.57. The molecule has 9 heteroatoms. The van der Waals surface area contributed by atoms with Gasteiger partial charge in [-0.3, -0.25) is 4.79 Å². The highest BCUT2D eigenvalue weighted by atomic mass is 35.5. The highest BCUT2D eigenvalue weighted by Crippen LogP contribution is 2.35. The van der Waals surface area contributed by atoms with Gasteiger partial charge >= 0.3 is 0 Å². The van der Waals surface area contributed by atoms with E-state index in [0.717, 1.165) is 36.0 Å². The normalized spacial score (nSPS) is 16.4. The number of carbonyl (C=O) groups excluding carboxylic acids is 1. The predicted molar refractivity (Wildman–Crippen MR) is 102 cm³/mol. The monoisotopic (exact) mass is 395 g/mol. The molecule has 1 aromatic carbocycles. The molecular weight excluding hydrogens is 374 g/mol.